The molecule has 2 aliphatic heterocycles. The minimum absolute atomic E-state index is 0.0822. The summed E-state index contributed by atoms with van der Waals surface area (Å²) in [6, 6.07) is 0.0822. The van der Waals surface area contributed by atoms with Crippen LogP contribution in [0.5, 0.6) is 0 Å². The minimum Gasteiger partial charge on any atom is -0.356 e. The molecule has 2 aliphatic rings. The van der Waals surface area contributed by atoms with Crippen LogP contribution in [0.25, 0.3) is 0 Å². The molecule has 0 aromatic rings. The number of aliphatic imine (C=N–C) groups is 1. The van der Waals surface area contributed by atoms with Gasteiger partial charge in [0.05, 0.1) is 6.04 Å². The van der Waals surface area contributed by atoms with Crippen molar-refractivity contribution in [2.75, 3.05) is 59.6 Å². The van der Waals surface area contributed by atoms with E-state index >= 15 is 0 Å². The smallest absolute Gasteiger partial charge is 0.239 e. The molecule has 2 atom stereocenters. The van der Waals surface area contributed by atoms with Gasteiger partial charge in [-0.3, -0.25) is 14.7 Å². The Labute approximate surface area is 157 Å². The van der Waals surface area contributed by atoms with Crippen molar-refractivity contribution in [3.8, 4) is 0 Å². The molecule has 2 saturated heterocycles. The minimum atomic E-state index is 0.0822. The molecule has 0 bridgehead atoms. The third-order valence-electron chi connectivity index (χ3n) is 5.10. The Kier molecular flexibility index (Phi) is 8.36. The average Bonchev–Trinajstić information content (AvgIpc) is 3.09. The number of likely N-dealkylation sites (N-methyl/N-ethyl adjacent to an activating group) is 1. The maximum atomic E-state index is 12.2. The lowest BCUT2D eigenvalue weighted by molar-refractivity contribution is -0.133. The molecule has 0 aliphatic carbocycles. The van der Waals surface area contributed by atoms with Crippen molar-refractivity contribution in [3.05, 3.63) is 0 Å². The van der Waals surface area contributed by atoms with Crippen molar-refractivity contribution in [2.24, 2.45) is 4.99 Å². The quantitative estimate of drug-likeness (QED) is 0.435. The standard InChI is InChI=1S/C18H35N5OS/c1-5-15-14-23(12-13-25-15)18(19-2)20-9-7-11-22-10-6-8-16(22)17(24)21(3)4/h15-16H,5-14H2,1-4H3,(H,19,20). The van der Waals surface area contributed by atoms with Gasteiger partial charge in [0.2, 0.25) is 5.91 Å². The average molecular weight is 370 g/mol. The molecule has 2 rings (SSSR count). The van der Waals surface area contributed by atoms with Crippen LogP contribution in [0.1, 0.15) is 32.6 Å². The zero-order chi connectivity index (χ0) is 18.2. The van der Waals surface area contributed by atoms with Crippen molar-refractivity contribution in [3.63, 3.8) is 0 Å². The van der Waals surface area contributed by atoms with E-state index in [0.29, 0.717) is 0 Å². The number of amides is 1. The zero-order valence-electron chi connectivity index (χ0n) is 16.3. The van der Waals surface area contributed by atoms with Crippen molar-refractivity contribution in [1.29, 1.82) is 0 Å². The second-order valence-electron chi connectivity index (χ2n) is 7.10. The van der Waals surface area contributed by atoms with Crippen molar-refractivity contribution in [2.45, 2.75) is 43.9 Å². The molecule has 0 spiro atoms. The van der Waals surface area contributed by atoms with Gasteiger partial charge in [0.15, 0.2) is 5.96 Å². The Morgan fingerprint density at radius 1 is 1.36 bits per heavy atom. The van der Waals surface area contributed by atoms with Crippen molar-refractivity contribution >= 4 is 23.6 Å². The molecule has 2 heterocycles. The van der Waals surface area contributed by atoms with E-state index in [9.17, 15) is 4.79 Å². The summed E-state index contributed by atoms with van der Waals surface area (Å²) < 4.78 is 0. The molecule has 25 heavy (non-hydrogen) atoms. The van der Waals surface area contributed by atoms with Crippen LogP contribution >= 0.6 is 11.8 Å². The van der Waals surface area contributed by atoms with E-state index in [1.165, 1.54) is 12.2 Å². The highest BCUT2D eigenvalue weighted by atomic mass is 32.2. The molecular weight excluding hydrogens is 334 g/mol. The summed E-state index contributed by atoms with van der Waals surface area (Å²) in [6.07, 6.45) is 4.38. The van der Waals surface area contributed by atoms with E-state index < -0.39 is 0 Å². The summed E-state index contributed by atoms with van der Waals surface area (Å²) in [4.78, 5) is 23.2. The molecule has 2 fully saturated rings. The molecular formula is C18H35N5OS. The summed E-state index contributed by atoms with van der Waals surface area (Å²) in [5, 5.41) is 4.24. The largest absolute Gasteiger partial charge is 0.356 e. The van der Waals surface area contributed by atoms with E-state index in [0.717, 1.165) is 63.2 Å². The van der Waals surface area contributed by atoms with E-state index in [2.05, 4.69) is 38.8 Å². The van der Waals surface area contributed by atoms with Gasteiger partial charge in [-0.2, -0.15) is 11.8 Å². The Morgan fingerprint density at radius 2 is 2.16 bits per heavy atom. The molecule has 7 heteroatoms. The van der Waals surface area contributed by atoms with Gasteiger partial charge in [-0.25, -0.2) is 0 Å². The number of carbonyl (C=O) groups excluding carboxylic acids is 1. The number of thioether (sulfide) groups is 1. The molecule has 2 unspecified atom stereocenters. The first-order chi connectivity index (χ1) is 12.1. The maximum absolute atomic E-state index is 12.2. The summed E-state index contributed by atoms with van der Waals surface area (Å²) >= 11 is 2.08. The molecule has 0 saturated carbocycles. The van der Waals surface area contributed by atoms with Gasteiger partial charge in [-0.1, -0.05) is 6.92 Å². The summed E-state index contributed by atoms with van der Waals surface area (Å²) in [5.74, 6) is 2.46. The zero-order valence-corrected chi connectivity index (χ0v) is 17.1. The van der Waals surface area contributed by atoms with Crippen LogP contribution in [-0.2, 0) is 4.79 Å². The van der Waals surface area contributed by atoms with E-state index in [1.54, 1.807) is 4.90 Å². The van der Waals surface area contributed by atoms with E-state index in [4.69, 9.17) is 0 Å². The van der Waals surface area contributed by atoms with Gasteiger partial charge in [0.25, 0.3) is 0 Å². The van der Waals surface area contributed by atoms with E-state index in [1.807, 2.05) is 21.1 Å². The number of hydrogen-bond acceptors (Lipinski definition) is 4. The van der Waals surface area contributed by atoms with Gasteiger partial charge in [-0.15, -0.1) is 0 Å². The Hall–Kier alpha value is -0.950. The van der Waals surface area contributed by atoms with Gasteiger partial charge >= 0.3 is 0 Å². The van der Waals surface area contributed by atoms with Gasteiger partial charge < -0.3 is 15.1 Å². The fourth-order valence-electron chi connectivity index (χ4n) is 3.64. The number of hydrogen-bond donors (Lipinski definition) is 1. The number of guanidine groups is 1. The maximum Gasteiger partial charge on any atom is 0.239 e. The van der Waals surface area contributed by atoms with Crippen LogP contribution in [0.3, 0.4) is 0 Å². The number of nitrogens with one attached hydrogen (secondary N) is 1. The number of likely N-dealkylation sites (tertiary alicyclic amines) is 1. The first-order valence-electron chi connectivity index (χ1n) is 9.59. The van der Waals surface area contributed by atoms with Crippen LogP contribution in [-0.4, -0.2) is 97.5 Å². The number of rotatable bonds is 6. The second-order valence-corrected chi connectivity index (χ2v) is 8.51. The highest BCUT2D eigenvalue weighted by molar-refractivity contribution is 8.00. The van der Waals surface area contributed by atoms with Crippen LogP contribution in [0.2, 0.25) is 0 Å². The molecule has 0 aromatic heterocycles. The molecule has 1 N–H and O–H groups in total. The summed E-state index contributed by atoms with van der Waals surface area (Å²) in [7, 11) is 5.58. The lowest BCUT2D eigenvalue weighted by atomic mass is 10.2. The monoisotopic (exact) mass is 369 g/mol. The van der Waals surface area contributed by atoms with Crippen LogP contribution in [0.15, 0.2) is 4.99 Å². The third-order valence-corrected chi connectivity index (χ3v) is 6.47. The Bertz CT molecular complexity index is 457. The Morgan fingerprint density at radius 3 is 2.84 bits per heavy atom. The van der Waals surface area contributed by atoms with Gasteiger partial charge in [0.1, 0.15) is 0 Å². The highest BCUT2D eigenvalue weighted by Gasteiger charge is 2.31. The predicted octanol–water partition coefficient (Wildman–Crippen LogP) is 1.33. The highest BCUT2D eigenvalue weighted by Crippen LogP contribution is 2.21. The van der Waals surface area contributed by atoms with Crippen LogP contribution in [0, 0.1) is 0 Å². The Balaban J connectivity index is 1.73. The molecule has 144 valence electrons. The molecule has 0 aromatic carbocycles. The number of carbonyl (C=O) groups is 1. The van der Waals surface area contributed by atoms with E-state index in [-0.39, 0.29) is 11.9 Å². The van der Waals surface area contributed by atoms with Crippen LogP contribution in [0.4, 0.5) is 0 Å². The number of nitrogens with zero attached hydrogens (tertiary/aromatic N) is 4. The first-order valence-corrected chi connectivity index (χ1v) is 10.6. The second kappa shape index (κ2) is 10.3. The van der Waals surface area contributed by atoms with Gasteiger partial charge in [0, 0.05) is 58.3 Å². The lowest BCUT2D eigenvalue weighted by Gasteiger charge is -2.34. The lowest BCUT2D eigenvalue weighted by Crippen LogP contribution is -2.48. The predicted molar refractivity (Wildman–Crippen MR) is 107 cm³/mol. The first kappa shape index (κ1) is 20.4. The topological polar surface area (TPSA) is 51.2 Å². The fraction of sp³-hybridized carbons (Fsp3) is 0.889. The van der Waals surface area contributed by atoms with Crippen molar-refractivity contribution in [1.82, 2.24) is 20.0 Å². The molecule has 1 amide bonds. The van der Waals surface area contributed by atoms with Gasteiger partial charge in [-0.05, 0) is 32.2 Å². The van der Waals surface area contributed by atoms with Crippen LogP contribution < -0.4 is 5.32 Å². The normalized spacial score (nSPS) is 25.3. The summed E-state index contributed by atoms with van der Waals surface area (Å²) in [5.41, 5.74) is 0. The fourth-order valence-corrected chi connectivity index (χ4v) is 4.82. The van der Waals surface area contributed by atoms with Crippen molar-refractivity contribution < 1.29 is 4.79 Å². The molecule has 0 radical (unpaired) electrons. The SMILES string of the molecule is CCC1CN(C(=NC)NCCCN2CCCC2C(=O)N(C)C)CCS1. The third kappa shape index (κ3) is 5.78. The summed E-state index contributed by atoms with van der Waals surface area (Å²) in [6.45, 7) is 7.35. The molecule has 6 nitrogen and oxygen atoms in total.